The molecule has 0 atom stereocenters. The topological polar surface area (TPSA) is 52.6 Å². The monoisotopic (exact) mass is 240 g/mol. The summed E-state index contributed by atoms with van der Waals surface area (Å²) in [6.07, 6.45) is 1.98. The van der Waals surface area contributed by atoms with Gasteiger partial charge >= 0.3 is 6.03 Å². The van der Waals surface area contributed by atoms with Crippen molar-refractivity contribution in [2.24, 2.45) is 0 Å². The molecule has 0 spiro atoms. The maximum absolute atomic E-state index is 11.6. The molecule has 16 heavy (non-hydrogen) atoms. The van der Waals surface area contributed by atoms with E-state index in [1.165, 1.54) is 4.90 Å². The molecule has 1 rings (SSSR count). The Labute approximate surface area is 99.6 Å². The highest BCUT2D eigenvalue weighted by Gasteiger charge is 2.07. The summed E-state index contributed by atoms with van der Waals surface area (Å²) in [7, 11) is 1.64. The number of amides is 2. The van der Waals surface area contributed by atoms with Crippen molar-refractivity contribution >= 4 is 23.5 Å². The summed E-state index contributed by atoms with van der Waals surface area (Å²) < 4.78 is 0. The third kappa shape index (κ3) is 3.75. The van der Waals surface area contributed by atoms with Gasteiger partial charge in [-0.1, -0.05) is 6.07 Å². The number of rotatable bonds is 4. The molecule has 0 aromatic heterocycles. The van der Waals surface area contributed by atoms with Gasteiger partial charge in [0.25, 0.3) is 0 Å². The number of anilines is 1. The summed E-state index contributed by atoms with van der Waals surface area (Å²) in [5.41, 5.74) is 0.765. The molecule has 0 saturated carbocycles. The molecule has 0 fully saturated rings. The fourth-order valence-electron chi connectivity index (χ4n) is 1.17. The molecule has 1 aromatic carbocycles. The number of carbonyl (C=O) groups excluding carboxylic acids is 1. The first kappa shape index (κ1) is 12.9. The van der Waals surface area contributed by atoms with Crippen LogP contribution in [-0.4, -0.2) is 42.5 Å². The Kier molecular flexibility index (Phi) is 5.14. The van der Waals surface area contributed by atoms with E-state index in [1.807, 2.05) is 30.5 Å². The Balaban J connectivity index is 2.61. The van der Waals surface area contributed by atoms with Crippen molar-refractivity contribution in [3.63, 3.8) is 0 Å². The lowest BCUT2D eigenvalue weighted by atomic mass is 10.3. The van der Waals surface area contributed by atoms with Crippen molar-refractivity contribution in [1.82, 2.24) is 4.90 Å². The van der Waals surface area contributed by atoms with Crippen LogP contribution in [-0.2, 0) is 0 Å². The average molecular weight is 240 g/mol. The van der Waals surface area contributed by atoms with E-state index in [9.17, 15) is 4.79 Å². The number of urea groups is 1. The molecule has 1 aromatic rings. The van der Waals surface area contributed by atoms with E-state index < -0.39 is 0 Å². The van der Waals surface area contributed by atoms with Crippen molar-refractivity contribution in [2.45, 2.75) is 4.90 Å². The van der Waals surface area contributed by atoms with Crippen molar-refractivity contribution < 1.29 is 9.90 Å². The maximum atomic E-state index is 11.6. The number of benzene rings is 1. The quantitative estimate of drug-likeness (QED) is 0.790. The molecule has 0 heterocycles. The zero-order valence-corrected chi connectivity index (χ0v) is 10.3. The molecule has 0 unspecified atom stereocenters. The molecular weight excluding hydrogens is 224 g/mol. The van der Waals surface area contributed by atoms with Crippen LogP contribution < -0.4 is 5.32 Å². The largest absolute Gasteiger partial charge is 0.395 e. The lowest BCUT2D eigenvalue weighted by molar-refractivity contribution is 0.202. The Morgan fingerprint density at radius 2 is 2.31 bits per heavy atom. The second-order valence-corrected chi connectivity index (χ2v) is 4.19. The third-order valence-electron chi connectivity index (χ3n) is 2.10. The van der Waals surface area contributed by atoms with Crippen molar-refractivity contribution in [3.05, 3.63) is 24.3 Å². The lowest BCUT2D eigenvalue weighted by Gasteiger charge is -2.16. The minimum absolute atomic E-state index is 0.0330. The number of nitrogens with zero attached hydrogens (tertiary/aromatic N) is 1. The third-order valence-corrected chi connectivity index (χ3v) is 2.83. The van der Waals surface area contributed by atoms with Gasteiger partial charge < -0.3 is 15.3 Å². The second-order valence-electron chi connectivity index (χ2n) is 3.31. The predicted octanol–water partition coefficient (Wildman–Crippen LogP) is 1.86. The summed E-state index contributed by atoms with van der Waals surface area (Å²) in [6, 6.07) is 7.41. The summed E-state index contributed by atoms with van der Waals surface area (Å²) in [4.78, 5) is 14.1. The summed E-state index contributed by atoms with van der Waals surface area (Å²) in [6.45, 7) is 0.294. The second kappa shape index (κ2) is 6.40. The highest BCUT2D eigenvalue weighted by atomic mass is 32.2. The lowest BCUT2D eigenvalue weighted by Crippen LogP contribution is -2.33. The van der Waals surface area contributed by atoms with Crippen LogP contribution in [0.25, 0.3) is 0 Å². The van der Waals surface area contributed by atoms with Crippen LogP contribution in [0.4, 0.5) is 10.5 Å². The Morgan fingerprint density at radius 1 is 1.56 bits per heavy atom. The molecular formula is C11H16N2O2S. The Bertz CT molecular complexity index is 358. The van der Waals surface area contributed by atoms with Gasteiger partial charge in [-0.05, 0) is 24.5 Å². The highest BCUT2D eigenvalue weighted by molar-refractivity contribution is 7.98. The van der Waals surface area contributed by atoms with E-state index in [-0.39, 0.29) is 12.6 Å². The van der Waals surface area contributed by atoms with E-state index >= 15 is 0 Å². The average Bonchev–Trinajstić information content (AvgIpc) is 2.29. The number of thioether (sulfide) groups is 1. The van der Waals surface area contributed by atoms with Crippen LogP contribution in [0.5, 0.6) is 0 Å². The van der Waals surface area contributed by atoms with Crippen molar-refractivity contribution in [3.8, 4) is 0 Å². The number of aliphatic hydroxyl groups excluding tert-OH is 1. The molecule has 0 aliphatic carbocycles. The van der Waals surface area contributed by atoms with Gasteiger partial charge in [0.15, 0.2) is 0 Å². The molecule has 88 valence electrons. The summed E-state index contributed by atoms with van der Waals surface area (Å²) in [5.74, 6) is 0. The minimum atomic E-state index is -0.215. The first-order valence-corrected chi connectivity index (χ1v) is 6.17. The summed E-state index contributed by atoms with van der Waals surface area (Å²) in [5, 5.41) is 11.5. The fourth-order valence-corrected chi connectivity index (χ4v) is 1.63. The van der Waals surface area contributed by atoms with Crippen molar-refractivity contribution in [2.75, 3.05) is 31.8 Å². The zero-order chi connectivity index (χ0) is 12.0. The fraction of sp³-hybridized carbons (Fsp3) is 0.364. The number of hydrogen-bond acceptors (Lipinski definition) is 3. The van der Waals surface area contributed by atoms with Gasteiger partial charge in [-0.25, -0.2) is 4.79 Å². The number of nitrogens with one attached hydrogen (secondary N) is 1. The number of aliphatic hydroxyl groups is 1. The van der Waals surface area contributed by atoms with Gasteiger partial charge in [-0.3, -0.25) is 0 Å². The van der Waals surface area contributed by atoms with Gasteiger partial charge in [0, 0.05) is 24.2 Å². The minimum Gasteiger partial charge on any atom is -0.395 e. The normalized spacial score (nSPS) is 9.94. The van der Waals surface area contributed by atoms with Gasteiger partial charge in [0.1, 0.15) is 0 Å². The smallest absolute Gasteiger partial charge is 0.321 e. The number of carbonyl (C=O) groups is 1. The molecule has 0 radical (unpaired) electrons. The number of likely N-dealkylation sites (N-methyl/N-ethyl adjacent to an activating group) is 1. The molecule has 4 nitrogen and oxygen atoms in total. The first-order chi connectivity index (χ1) is 7.67. The molecule has 0 aliphatic rings. The van der Waals surface area contributed by atoms with Gasteiger partial charge in [0.05, 0.1) is 6.61 Å². The van der Waals surface area contributed by atoms with Crippen LogP contribution in [0.2, 0.25) is 0 Å². The zero-order valence-electron chi connectivity index (χ0n) is 9.43. The van der Waals surface area contributed by atoms with Gasteiger partial charge in [0.2, 0.25) is 0 Å². The van der Waals surface area contributed by atoms with Crippen LogP contribution in [0.1, 0.15) is 0 Å². The van der Waals surface area contributed by atoms with Crippen LogP contribution in [0, 0.1) is 0 Å². The number of hydrogen-bond donors (Lipinski definition) is 2. The van der Waals surface area contributed by atoms with Crippen LogP contribution >= 0.6 is 11.8 Å². The predicted molar refractivity (Wildman–Crippen MR) is 67.0 cm³/mol. The molecule has 0 bridgehead atoms. The van der Waals surface area contributed by atoms with E-state index in [2.05, 4.69) is 5.32 Å². The Morgan fingerprint density at radius 3 is 2.94 bits per heavy atom. The van der Waals surface area contributed by atoms with Gasteiger partial charge in [-0.2, -0.15) is 0 Å². The van der Waals surface area contributed by atoms with Crippen molar-refractivity contribution in [1.29, 1.82) is 0 Å². The summed E-state index contributed by atoms with van der Waals surface area (Å²) >= 11 is 1.62. The van der Waals surface area contributed by atoms with Crippen LogP contribution in [0.15, 0.2) is 29.2 Å². The molecule has 5 heteroatoms. The van der Waals surface area contributed by atoms with Gasteiger partial charge in [-0.15, -0.1) is 11.8 Å². The van der Waals surface area contributed by atoms with E-state index in [0.29, 0.717) is 6.54 Å². The first-order valence-electron chi connectivity index (χ1n) is 4.94. The van der Waals surface area contributed by atoms with Crippen LogP contribution in [0.3, 0.4) is 0 Å². The van der Waals surface area contributed by atoms with E-state index in [0.717, 1.165) is 10.6 Å². The molecule has 0 saturated heterocycles. The SMILES string of the molecule is CSc1cccc(NC(=O)N(C)CCO)c1. The van der Waals surface area contributed by atoms with E-state index in [4.69, 9.17) is 5.11 Å². The molecule has 0 aliphatic heterocycles. The van der Waals surface area contributed by atoms with E-state index in [1.54, 1.807) is 18.8 Å². The maximum Gasteiger partial charge on any atom is 0.321 e. The standard InChI is InChI=1S/C11H16N2O2S/c1-13(6-7-14)11(15)12-9-4-3-5-10(8-9)16-2/h3-5,8,14H,6-7H2,1-2H3,(H,12,15). The highest BCUT2D eigenvalue weighted by Crippen LogP contribution is 2.18. The molecule has 2 N–H and O–H groups in total. The molecule has 2 amide bonds. The Hall–Kier alpha value is -1.20.